The van der Waals surface area contributed by atoms with E-state index in [4.69, 9.17) is 22.4 Å². The van der Waals surface area contributed by atoms with Crippen molar-refractivity contribution in [2.75, 3.05) is 0 Å². The number of benzene rings is 1. The molecule has 0 aliphatic carbocycles. The largest absolute Gasteiger partial charge is 0.480 e. The van der Waals surface area contributed by atoms with Crippen molar-refractivity contribution in [1.82, 2.24) is 0 Å². The first-order valence-electron chi connectivity index (χ1n) is 4.66. The minimum absolute atomic E-state index is 0.308. The van der Waals surface area contributed by atoms with Gasteiger partial charge in [-0.1, -0.05) is 11.6 Å². The van der Waals surface area contributed by atoms with Gasteiger partial charge in [0.25, 0.3) is 0 Å². The second-order valence-electron chi connectivity index (χ2n) is 3.66. The first-order valence-corrected chi connectivity index (χ1v) is 5.03. The number of aliphatic carboxylic acids is 1. The molecule has 0 saturated heterocycles. The number of aryl methyl sites for hydroxylation is 1. The first-order chi connectivity index (χ1) is 6.91. The number of hydrogen-bond donors (Lipinski definition) is 2. The number of carbonyl (C=O) groups is 1. The lowest BCUT2D eigenvalue weighted by molar-refractivity contribution is -0.138. The Morgan fingerprint density at radius 1 is 1.53 bits per heavy atom. The van der Waals surface area contributed by atoms with Crippen molar-refractivity contribution in [2.24, 2.45) is 5.73 Å². The zero-order chi connectivity index (χ0) is 11.6. The first kappa shape index (κ1) is 12.0. The Labute approximate surface area is 93.9 Å². The standard InChI is InChI=1S/C11H14ClNO2/c1-6-3-9(12)4-8(7(6)2)5-10(13)11(14)15/h3-4,10H,5,13H2,1-2H3,(H,14,15). The molecular weight excluding hydrogens is 214 g/mol. The van der Waals surface area contributed by atoms with Crippen LogP contribution in [-0.4, -0.2) is 17.1 Å². The van der Waals surface area contributed by atoms with Crippen LogP contribution in [0.5, 0.6) is 0 Å². The zero-order valence-electron chi connectivity index (χ0n) is 8.75. The maximum atomic E-state index is 10.6. The van der Waals surface area contributed by atoms with Gasteiger partial charge in [-0.15, -0.1) is 0 Å². The molecular formula is C11H14ClNO2. The van der Waals surface area contributed by atoms with Gasteiger partial charge in [-0.2, -0.15) is 0 Å². The van der Waals surface area contributed by atoms with Gasteiger partial charge in [0.15, 0.2) is 0 Å². The lowest BCUT2D eigenvalue weighted by Crippen LogP contribution is -2.32. The van der Waals surface area contributed by atoms with Crippen molar-refractivity contribution in [3.63, 3.8) is 0 Å². The smallest absolute Gasteiger partial charge is 0.320 e. The maximum Gasteiger partial charge on any atom is 0.320 e. The highest BCUT2D eigenvalue weighted by Gasteiger charge is 2.14. The molecule has 1 atom stereocenters. The Balaban J connectivity index is 2.99. The molecule has 0 aliphatic rings. The maximum absolute atomic E-state index is 10.6. The third-order valence-electron chi connectivity index (χ3n) is 2.50. The van der Waals surface area contributed by atoms with E-state index in [1.54, 1.807) is 6.07 Å². The van der Waals surface area contributed by atoms with Crippen molar-refractivity contribution in [3.8, 4) is 0 Å². The van der Waals surface area contributed by atoms with Gasteiger partial charge in [-0.25, -0.2) is 0 Å². The van der Waals surface area contributed by atoms with Crippen molar-refractivity contribution in [3.05, 3.63) is 33.8 Å². The van der Waals surface area contributed by atoms with Gasteiger partial charge in [0.1, 0.15) is 6.04 Å². The predicted octanol–water partition coefficient (Wildman–Crippen LogP) is 1.91. The second-order valence-corrected chi connectivity index (χ2v) is 4.09. The molecule has 15 heavy (non-hydrogen) atoms. The van der Waals surface area contributed by atoms with Crippen LogP contribution in [0.4, 0.5) is 0 Å². The van der Waals surface area contributed by atoms with Crippen LogP contribution < -0.4 is 5.73 Å². The van der Waals surface area contributed by atoms with Gasteiger partial charge < -0.3 is 10.8 Å². The molecule has 0 aromatic heterocycles. The summed E-state index contributed by atoms with van der Waals surface area (Å²) in [6.45, 7) is 3.88. The SMILES string of the molecule is Cc1cc(Cl)cc(CC(N)C(=O)O)c1C. The quantitative estimate of drug-likeness (QED) is 0.829. The van der Waals surface area contributed by atoms with Crippen molar-refractivity contribution >= 4 is 17.6 Å². The van der Waals surface area contributed by atoms with Crippen LogP contribution in [0.2, 0.25) is 5.02 Å². The fraction of sp³-hybridized carbons (Fsp3) is 0.364. The molecule has 0 amide bonds. The highest BCUT2D eigenvalue weighted by molar-refractivity contribution is 6.30. The van der Waals surface area contributed by atoms with E-state index in [2.05, 4.69) is 0 Å². The van der Waals surface area contributed by atoms with E-state index in [1.807, 2.05) is 19.9 Å². The normalized spacial score (nSPS) is 12.5. The number of carboxylic acid groups (broad SMARTS) is 1. The fourth-order valence-electron chi connectivity index (χ4n) is 1.42. The Hall–Kier alpha value is -1.06. The van der Waals surface area contributed by atoms with E-state index in [-0.39, 0.29) is 0 Å². The van der Waals surface area contributed by atoms with E-state index in [0.29, 0.717) is 11.4 Å². The summed E-state index contributed by atoms with van der Waals surface area (Å²) in [5.74, 6) is -0.993. The Morgan fingerprint density at radius 3 is 2.67 bits per heavy atom. The van der Waals surface area contributed by atoms with Gasteiger partial charge in [-0.3, -0.25) is 4.79 Å². The van der Waals surface area contributed by atoms with Crippen molar-refractivity contribution < 1.29 is 9.90 Å². The molecule has 1 aromatic rings. The van der Waals surface area contributed by atoms with E-state index in [0.717, 1.165) is 16.7 Å². The minimum atomic E-state index is -0.993. The number of carboxylic acids is 1. The zero-order valence-corrected chi connectivity index (χ0v) is 9.51. The van der Waals surface area contributed by atoms with Crippen LogP contribution in [0.3, 0.4) is 0 Å². The molecule has 0 radical (unpaired) electrons. The van der Waals surface area contributed by atoms with Gasteiger partial charge in [0.2, 0.25) is 0 Å². The van der Waals surface area contributed by atoms with Crippen LogP contribution in [0, 0.1) is 13.8 Å². The number of halogens is 1. The Bertz CT molecular complexity index is 390. The summed E-state index contributed by atoms with van der Waals surface area (Å²) in [6.07, 6.45) is 0.308. The summed E-state index contributed by atoms with van der Waals surface area (Å²) < 4.78 is 0. The molecule has 0 fully saturated rings. The number of hydrogen-bond acceptors (Lipinski definition) is 2. The average Bonchev–Trinajstić information content (AvgIpc) is 2.13. The molecule has 1 rings (SSSR count). The van der Waals surface area contributed by atoms with Crippen molar-refractivity contribution in [1.29, 1.82) is 0 Å². The molecule has 0 aliphatic heterocycles. The van der Waals surface area contributed by atoms with E-state index in [9.17, 15) is 4.79 Å². The lowest BCUT2D eigenvalue weighted by atomic mass is 9.98. The Kier molecular flexibility index (Phi) is 3.72. The van der Waals surface area contributed by atoms with E-state index in [1.165, 1.54) is 0 Å². The summed E-state index contributed by atoms with van der Waals surface area (Å²) in [7, 11) is 0. The highest BCUT2D eigenvalue weighted by Crippen LogP contribution is 2.20. The molecule has 1 aromatic carbocycles. The molecule has 3 nitrogen and oxygen atoms in total. The predicted molar refractivity (Wildman–Crippen MR) is 60.2 cm³/mol. The molecule has 0 spiro atoms. The van der Waals surface area contributed by atoms with E-state index >= 15 is 0 Å². The summed E-state index contributed by atoms with van der Waals surface area (Å²) in [6, 6.07) is 2.75. The topological polar surface area (TPSA) is 63.3 Å². The molecule has 0 bridgehead atoms. The molecule has 0 saturated carbocycles. The highest BCUT2D eigenvalue weighted by atomic mass is 35.5. The third-order valence-corrected chi connectivity index (χ3v) is 2.71. The molecule has 3 N–H and O–H groups in total. The number of rotatable bonds is 3. The summed E-state index contributed by atoms with van der Waals surface area (Å²) in [4.78, 5) is 10.6. The fourth-order valence-corrected chi connectivity index (χ4v) is 1.72. The van der Waals surface area contributed by atoms with Crippen LogP contribution in [0.25, 0.3) is 0 Å². The monoisotopic (exact) mass is 227 g/mol. The van der Waals surface area contributed by atoms with Crippen LogP contribution in [0.1, 0.15) is 16.7 Å². The number of nitrogens with two attached hydrogens (primary N) is 1. The van der Waals surface area contributed by atoms with Gasteiger partial charge in [-0.05, 0) is 49.1 Å². The minimum Gasteiger partial charge on any atom is -0.480 e. The molecule has 82 valence electrons. The van der Waals surface area contributed by atoms with Gasteiger partial charge >= 0.3 is 5.97 Å². The molecule has 4 heteroatoms. The lowest BCUT2D eigenvalue weighted by Gasteiger charge is -2.12. The molecule has 0 heterocycles. The summed E-state index contributed by atoms with van der Waals surface area (Å²) >= 11 is 5.90. The average molecular weight is 228 g/mol. The Morgan fingerprint density at radius 2 is 2.13 bits per heavy atom. The van der Waals surface area contributed by atoms with Gasteiger partial charge in [0.05, 0.1) is 0 Å². The van der Waals surface area contributed by atoms with Crippen LogP contribution in [-0.2, 0) is 11.2 Å². The van der Waals surface area contributed by atoms with E-state index < -0.39 is 12.0 Å². The van der Waals surface area contributed by atoms with Crippen LogP contribution >= 0.6 is 11.6 Å². The van der Waals surface area contributed by atoms with Crippen molar-refractivity contribution in [2.45, 2.75) is 26.3 Å². The summed E-state index contributed by atoms with van der Waals surface area (Å²) in [5.41, 5.74) is 8.48. The van der Waals surface area contributed by atoms with Gasteiger partial charge in [0, 0.05) is 5.02 Å². The molecule has 1 unspecified atom stereocenters. The summed E-state index contributed by atoms with van der Waals surface area (Å²) in [5, 5.41) is 9.33. The third kappa shape index (κ3) is 2.94. The second kappa shape index (κ2) is 4.64. The van der Waals surface area contributed by atoms with Crippen LogP contribution in [0.15, 0.2) is 12.1 Å².